The second kappa shape index (κ2) is 5.82. The summed E-state index contributed by atoms with van der Waals surface area (Å²) >= 11 is 0. The van der Waals surface area contributed by atoms with Crippen LogP contribution >= 0.6 is 0 Å². The van der Waals surface area contributed by atoms with Gasteiger partial charge in [0.2, 0.25) is 5.91 Å². The molecule has 1 aromatic rings. The van der Waals surface area contributed by atoms with Crippen LogP contribution in [0.4, 0.5) is 4.39 Å². The molecule has 4 saturated carbocycles. The van der Waals surface area contributed by atoms with Gasteiger partial charge in [-0.05, 0) is 86.7 Å². The molecule has 5 aliphatic rings. The first kappa shape index (κ1) is 15.8. The van der Waals surface area contributed by atoms with Crippen LogP contribution in [0.5, 0.6) is 0 Å². The van der Waals surface area contributed by atoms with E-state index in [1.54, 1.807) is 13.0 Å². The molecule has 1 saturated heterocycles. The molecule has 25 heavy (non-hydrogen) atoms. The number of rotatable bonds is 3. The Balaban J connectivity index is 1.33. The van der Waals surface area contributed by atoms with Gasteiger partial charge in [-0.3, -0.25) is 4.79 Å². The zero-order valence-corrected chi connectivity index (χ0v) is 15.1. The van der Waals surface area contributed by atoms with E-state index in [2.05, 4.69) is 4.90 Å². The Bertz CT molecular complexity index is 671. The lowest BCUT2D eigenvalue weighted by atomic mass is 9.54. The highest BCUT2D eigenvalue weighted by molar-refractivity contribution is 5.81. The van der Waals surface area contributed by atoms with Gasteiger partial charge < -0.3 is 4.90 Å². The van der Waals surface area contributed by atoms with Gasteiger partial charge in [-0.25, -0.2) is 4.39 Å². The van der Waals surface area contributed by atoms with E-state index in [1.165, 1.54) is 32.1 Å². The third kappa shape index (κ3) is 2.53. The number of amides is 1. The fourth-order valence-electron chi connectivity index (χ4n) is 6.79. The Morgan fingerprint density at radius 3 is 2.44 bits per heavy atom. The minimum atomic E-state index is -0.122. The smallest absolute Gasteiger partial charge is 0.226 e. The molecule has 5 fully saturated rings. The van der Waals surface area contributed by atoms with Gasteiger partial charge in [0.1, 0.15) is 5.82 Å². The van der Waals surface area contributed by atoms with Crippen molar-refractivity contribution in [2.75, 3.05) is 6.54 Å². The minimum absolute atomic E-state index is 0.0199. The molecule has 2 nitrogen and oxygen atoms in total. The zero-order chi connectivity index (χ0) is 17.1. The number of hydrogen-bond donors (Lipinski definition) is 0. The quantitative estimate of drug-likeness (QED) is 0.800. The molecule has 1 unspecified atom stereocenters. The molecule has 1 aromatic carbocycles. The number of halogens is 1. The second-order valence-electron chi connectivity index (χ2n) is 9.19. The normalized spacial score (nSPS) is 39.4. The van der Waals surface area contributed by atoms with Gasteiger partial charge in [0.15, 0.2) is 0 Å². The monoisotopic (exact) mass is 341 g/mol. The van der Waals surface area contributed by atoms with Crippen LogP contribution in [-0.2, 0) is 11.2 Å². The SMILES string of the molecule is Cc1cccc(CC2CCN(C3C4CC5CC(C4)CC3C5)C2=O)c1F. The van der Waals surface area contributed by atoms with Gasteiger partial charge >= 0.3 is 0 Å². The van der Waals surface area contributed by atoms with Crippen LogP contribution in [0, 0.1) is 42.3 Å². The maximum absolute atomic E-state index is 14.3. The third-order valence-electron chi connectivity index (χ3n) is 7.63. The Morgan fingerprint density at radius 1 is 1.08 bits per heavy atom. The fraction of sp³-hybridized carbons (Fsp3) is 0.682. The molecule has 3 heteroatoms. The minimum Gasteiger partial charge on any atom is -0.339 e. The molecular weight excluding hydrogens is 313 g/mol. The van der Waals surface area contributed by atoms with E-state index < -0.39 is 0 Å². The molecule has 1 aliphatic heterocycles. The van der Waals surface area contributed by atoms with Crippen LogP contribution in [-0.4, -0.2) is 23.4 Å². The number of hydrogen-bond acceptors (Lipinski definition) is 1. The Morgan fingerprint density at radius 2 is 1.76 bits per heavy atom. The molecule has 0 radical (unpaired) electrons. The number of likely N-dealkylation sites (tertiary alicyclic amines) is 1. The van der Waals surface area contributed by atoms with Crippen molar-refractivity contribution in [3.05, 3.63) is 35.1 Å². The second-order valence-corrected chi connectivity index (χ2v) is 9.19. The average molecular weight is 341 g/mol. The Labute approximate surface area is 149 Å². The number of nitrogens with zero attached hydrogens (tertiary/aromatic N) is 1. The summed E-state index contributed by atoms with van der Waals surface area (Å²) in [7, 11) is 0. The van der Waals surface area contributed by atoms with Gasteiger partial charge in [-0.2, -0.15) is 0 Å². The van der Waals surface area contributed by atoms with Gasteiger partial charge in [0, 0.05) is 18.5 Å². The average Bonchev–Trinajstić information content (AvgIpc) is 2.92. The molecule has 134 valence electrons. The van der Waals surface area contributed by atoms with Crippen molar-refractivity contribution >= 4 is 5.91 Å². The van der Waals surface area contributed by atoms with Crippen molar-refractivity contribution in [3.63, 3.8) is 0 Å². The van der Waals surface area contributed by atoms with Gasteiger partial charge in [-0.15, -0.1) is 0 Å². The number of aryl methyl sites for hydroxylation is 1. The van der Waals surface area contributed by atoms with Crippen LogP contribution < -0.4 is 0 Å². The highest BCUT2D eigenvalue weighted by Crippen LogP contribution is 2.55. The number of benzene rings is 1. The van der Waals surface area contributed by atoms with Crippen LogP contribution in [0.3, 0.4) is 0 Å². The summed E-state index contributed by atoms with van der Waals surface area (Å²) in [5.41, 5.74) is 1.39. The van der Waals surface area contributed by atoms with E-state index >= 15 is 0 Å². The summed E-state index contributed by atoms with van der Waals surface area (Å²) in [5, 5.41) is 0. The molecule has 1 heterocycles. The highest BCUT2D eigenvalue weighted by Gasteiger charge is 2.52. The Hall–Kier alpha value is -1.38. The fourth-order valence-corrected chi connectivity index (χ4v) is 6.79. The van der Waals surface area contributed by atoms with Crippen molar-refractivity contribution < 1.29 is 9.18 Å². The van der Waals surface area contributed by atoms with Crippen molar-refractivity contribution in [2.24, 2.45) is 29.6 Å². The summed E-state index contributed by atoms with van der Waals surface area (Å²) in [6.45, 7) is 2.69. The van der Waals surface area contributed by atoms with Crippen LogP contribution in [0.25, 0.3) is 0 Å². The molecule has 1 atom stereocenters. The largest absolute Gasteiger partial charge is 0.339 e. The molecular formula is C22H28FNO. The van der Waals surface area contributed by atoms with E-state index in [0.29, 0.717) is 29.5 Å². The molecule has 0 aromatic heterocycles. The zero-order valence-electron chi connectivity index (χ0n) is 15.1. The lowest BCUT2D eigenvalue weighted by Gasteiger charge is -2.56. The third-order valence-corrected chi connectivity index (χ3v) is 7.63. The summed E-state index contributed by atoms with van der Waals surface area (Å²) in [4.78, 5) is 15.4. The molecule has 0 N–H and O–H groups in total. The molecule has 0 spiro atoms. The Kier molecular flexibility index (Phi) is 3.69. The van der Waals surface area contributed by atoms with Crippen molar-refractivity contribution in [3.8, 4) is 0 Å². The summed E-state index contributed by atoms with van der Waals surface area (Å²) in [5.74, 6) is 3.53. The van der Waals surface area contributed by atoms with Crippen molar-refractivity contribution in [2.45, 2.75) is 57.9 Å². The first-order chi connectivity index (χ1) is 12.1. The van der Waals surface area contributed by atoms with E-state index in [-0.39, 0.29) is 11.7 Å². The predicted molar refractivity (Wildman–Crippen MR) is 95.5 cm³/mol. The first-order valence-electron chi connectivity index (χ1n) is 10.1. The van der Waals surface area contributed by atoms with Gasteiger partial charge in [-0.1, -0.05) is 18.2 Å². The molecule has 4 bridgehead atoms. The van der Waals surface area contributed by atoms with Crippen LogP contribution in [0.15, 0.2) is 18.2 Å². The molecule has 4 aliphatic carbocycles. The lowest BCUT2D eigenvalue weighted by Crippen LogP contribution is -2.56. The molecule has 1 amide bonds. The number of carbonyl (C=O) groups is 1. The van der Waals surface area contributed by atoms with Gasteiger partial charge in [0.25, 0.3) is 0 Å². The lowest BCUT2D eigenvalue weighted by molar-refractivity contribution is -0.141. The summed E-state index contributed by atoms with van der Waals surface area (Å²) < 4.78 is 14.3. The maximum Gasteiger partial charge on any atom is 0.226 e. The van der Waals surface area contributed by atoms with Crippen LogP contribution in [0.2, 0.25) is 0 Å². The summed E-state index contributed by atoms with van der Waals surface area (Å²) in [6.07, 6.45) is 8.29. The predicted octanol–water partition coefficient (Wildman–Crippen LogP) is 4.35. The van der Waals surface area contributed by atoms with Crippen LogP contribution in [0.1, 0.15) is 49.7 Å². The van der Waals surface area contributed by atoms with E-state index in [4.69, 9.17) is 0 Å². The number of carbonyl (C=O) groups excluding carboxylic acids is 1. The first-order valence-corrected chi connectivity index (χ1v) is 10.1. The topological polar surface area (TPSA) is 20.3 Å². The summed E-state index contributed by atoms with van der Waals surface area (Å²) in [6, 6.07) is 6.05. The maximum atomic E-state index is 14.3. The van der Waals surface area contributed by atoms with Crippen molar-refractivity contribution in [1.82, 2.24) is 4.90 Å². The van der Waals surface area contributed by atoms with Gasteiger partial charge in [0.05, 0.1) is 0 Å². The standard InChI is InChI=1S/C22H28FNO/c1-13-3-2-4-16(20(13)23)12-17-5-6-24(22(17)25)21-18-8-14-7-15(10-18)11-19(21)9-14/h2-4,14-15,17-19,21H,5-12H2,1H3. The van der Waals surface area contributed by atoms with E-state index in [9.17, 15) is 9.18 Å². The van der Waals surface area contributed by atoms with E-state index in [0.717, 1.165) is 36.6 Å². The highest BCUT2D eigenvalue weighted by atomic mass is 19.1. The van der Waals surface area contributed by atoms with Crippen molar-refractivity contribution in [1.29, 1.82) is 0 Å². The van der Waals surface area contributed by atoms with E-state index in [1.807, 2.05) is 12.1 Å². The molecule has 6 rings (SSSR count).